The molecule has 24 rings (SSSR count). The Morgan fingerprint density at radius 1 is 0.181 bits per heavy atom. The lowest BCUT2D eigenvalue weighted by molar-refractivity contribution is 1.07. The Bertz CT molecular complexity index is 7690. The Morgan fingerprint density at radius 3 is 0.741 bits per heavy atom. The molecule has 538 valence electrons. The maximum absolute atomic E-state index is 8.37. The van der Waals surface area contributed by atoms with E-state index in [1.165, 1.54) is 43.1 Å². The maximum Gasteiger partial charge on any atom is 0.187 e. The van der Waals surface area contributed by atoms with Crippen LogP contribution in [-0.4, -0.2) is 42.4 Å². The Labute approximate surface area is 664 Å². The zero-order valence-corrected chi connectivity index (χ0v) is 62.4. The molecule has 0 radical (unpaired) electrons. The van der Waals surface area contributed by atoms with Crippen molar-refractivity contribution < 1.29 is 0 Å². The topological polar surface area (TPSA) is 72.6 Å². The fourth-order valence-electron chi connectivity index (χ4n) is 18.8. The first-order valence-corrected chi connectivity index (χ1v) is 39.3. The molecule has 0 aliphatic rings. The SMILES string of the molecule is [C-]#[N+]c1cccc(-c2ccc(-n3c4ccc(-n5c6ccccc6c6ccccc65)cc4c4cc(-n5c6ccccc6c6ccccc65)ccc43)c(-c3cc(-c4nc(-c5ccccc5)nc(-c5ccccc5)n4)ccc3-n3c4ccc(-n5c6ccccc6c6ccccc65)cc4c4cc(-n5c6ccccc6c6ccccc65)ccc43)c2)c1. The van der Waals surface area contributed by atoms with Crippen LogP contribution in [0.5, 0.6) is 0 Å². The molecule has 10 nitrogen and oxygen atoms in total. The first-order chi connectivity index (χ1) is 57.5. The summed E-state index contributed by atoms with van der Waals surface area (Å²) >= 11 is 0. The van der Waals surface area contributed by atoms with Gasteiger partial charge in [0.15, 0.2) is 23.2 Å². The number of para-hydroxylation sites is 8. The van der Waals surface area contributed by atoms with Crippen LogP contribution in [0, 0.1) is 6.57 Å². The average Bonchev–Trinajstić information content (AvgIpc) is 1.56. The maximum atomic E-state index is 8.37. The summed E-state index contributed by atoms with van der Waals surface area (Å²) in [5.41, 5.74) is 26.1. The molecule has 0 N–H and O–H groups in total. The van der Waals surface area contributed by atoms with E-state index < -0.39 is 0 Å². The van der Waals surface area contributed by atoms with Crippen LogP contribution in [0.3, 0.4) is 0 Å². The third-order valence-electron chi connectivity index (χ3n) is 23.8. The monoisotopic (exact) mass is 1480 g/mol. The lowest BCUT2D eigenvalue weighted by Crippen LogP contribution is -2.04. The van der Waals surface area contributed by atoms with Crippen LogP contribution in [0.4, 0.5) is 5.69 Å². The molecular weight excluding hydrogens is 1410 g/mol. The summed E-state index contributed by atoms with van der Waals surface area (Å²) in [6.07, 6.45) is 0. The van der Waals surface area contributed by atoms with Gasteiger partial charge in [-0.25, -0.2) is 19.8 Å². The van der Waals surface area contributed by atoms with E-state index in [-0.39, 0.29) is 0 Å². The number of rotatable bonds is 11. The molecule has 0 amide bonds. The molecule has 116 heavy (non-hydrogen) atoms. The standard InChI is InChI=1S/C106H64N10/c1-107-71-30-24-29-68(59-71)69-47-53-98(115-100-55-49-72(111-90-39-16-8-31-76(90)77-32-9-17-40-91(77)111)62-86(100)87-63-73(50-56-101(87)115)112-92-41-18-10-33-78(92)79-34-11-19-42-93(79)112)84(60-69)85-61-70(106-109-104(66-25-4-2-5-26-66)108-105(110-106)67-27-6-3-7-28-67)48-54-99(85)116-102-57-51-74(113-94-43-20-12-35-80(94)81-36-13-21-44-95(81)113)64-88(102)89-65-75(52-58-103(89)116)114-96-45-22-14-37-82(96)83-38-15-23-46-97(83)114/h2-65H. The summed E-state index contributed by atoms with van der Waals surface area (Å²) in [4.78, 5) is 20.2. The molecule has 7 heterocycles. The molecule has 0 aliphatic heterocycles. The van der Waals surface area contributed by atoms with Gasteiger partial charge in [-0.05, 0) is 169 Å². The van der Waals surface area contributed by atoms with E-state index in [0.29, 0.717) is 23.2 Å². The van der Waals surface area contributed by atoms with E-state index in [9.17, 15) is 0 Å². The Hall–Kier alpha value is -16.0. The van der Waals surface area contributed by atoms with Crippen molar-refractivity contribution in [1.82, 2.24) is 42.4 Å². The fraction of sp³-hybridized carbons (Fsp3) is 0. The number of aromatic nitrogens is 9. The highest BCUT2D eigenvalue weighted by molar-refractivity contribution is 6.18. The van der Waals surface area contributed by atoms with Gasteiger partial charge in [-0.1, -0.05) is 231 Å². The van der Waals surface area contributed by atoms with Crippen LogP contribution in [0.1, 0.15) is 0 Å². The summed E-state index contributed by atoms with van der Waals surface area (Å²) in [5.74, 6) is 1.65. The predicted molar refractivity (Wildman–Crippen MR) is 479 cm³/mol. The minimum atomic E-state index is 0.522. The van der Waals surface area contributed by atoms with Gasteiger partial charge in [0.1, 0.15) is 0 Å². The van der Waals surface area contributed by atoms with E-state index in [1.54, 1.807) is 0 Å². The molecule has 0 aliphatic carbocycles. The largest absolute Gasteiger partial charge is 0.309 e. The molecule has 10 heteroatoms. The van der Waals surface area contributed by atoms with Gasteiger partial charge < -0.3 is 27.4 Å². The number of fused-ring (bicyclic) bond motifs is 18. The van der Waals surface area contributed by atoms with Crippen molar-refractivity contribution in [3.05, 3.63) is 400 Å². The highest BCUT2D eigenvalue weighted by Gasteiger charge is 2.27. The predicted octanol–water partition coefficient (Wildman–Crippen LogP) is 27.3. The van der Waals surface area contributed by atoms with Gasteiger partial charge in [0.2, 0.25) is 0 Å². The van der Waals surface area contributed by atoms with E-state index in [0.717, 1.165) is 161 Å². The minimum Gasteiger partial charge on any atom is -0.309 e. The molecule has 0 spiro atoms. The first kappa shape index (κ1) is 64.8. The third-order valence-corrected chi connectivity index (χ3v) is 23.8. The molecule has 0 atom stereocenters. The van der Waals surface area contributed by atoms with Gasteiger partial charge in [0.25, 0.3) is 0 Å². The first-order valence-electron chi connectivity index (χ1n) is 39.3. The second kappa shape index (κ2) is 25.5. The normalized spacial score (nSPS) is 12.0. The molecule has 7 aromatic heterocycles. The van der Waals surface area contributed by atoms with Gasteiger partial charge >= 0.3 is 0 Å². The smallest absolute Gasteiger partial charge is 0.187 e. The van der Waals surface area contributed by atoms with Crippen LogP contribution >= 0.6 is 0 Å². The second-order valence-electron chi connectivity index (χ2n) is 30.1. The van der Waals surface area contributed by atoms with Crippen LogP contribution in [0.2, 0.25) is 0 Å². The molecule has 0 saturated heterocycles. The van der Waals surface area contributed by atoms with Gasteiger partial charge in [-0.15, -0.1) is 0 Å². The van der Waals surface area contributed by atoms with E-state index in [1.807, 2.05) is 54.6 Å². The molecule has 0 fully saturated rings. The third kappa shape index (κ3) is 9.86. The molecule has 24 aromatic rings. The minimum absolute atomic E-state index is 0.522. The van der Waals surface area contributed by atoms with E-state index in [2.05, 4.69) is 366 Å². The number of hydrogen-bond donors (Lipinski definition) is 0. The van der Waals surface area contributed by atoms with Crippen molar-refractivity contribution in [3.8, 4) is 90.5 Å². The highest BCUT2D eigenvalue weighted by Crippen LogP contribution is 2.48. The van der Waals surface area contributed by atoms with Crippen LogP contribution in [0.25, 0.3) is 226 Å². The van der Waals surface area contributed by atoms with Gasteiger partial charge in [-0.2, -0.15) is 0 Å². The van der Waals surface area contributed by atoms with Crippen molar-refractivity contribution in [1.29, 1.82) is 0 Å². The Balaban J connectivity index is 0.826. The van der Waals surface area contributed by atoms with Gasteiger partial charge in [-0.3, -0.25) is 0 Å². The van der Waals surface area contributed by atoms with Gasteiger partial charge in [0, 0.05) is 115 Å². The van der Waals surface area contributed by atoms with Crippen molar-refractivity contribution in [3.63, 3.8) is 0 Å². The number of nitrogens with zero attached hydrogens (tertiary/aromatic N) is 10. The molecular formula is C106H64N10. The molecule has 0 bridgehead atoms. The number of hydrogen-bond acceptors (Lipinski definition) is 3. The molecule has 17 aromatic carbocycles. The summed E-state index contributed by atoms with van der Waals surface area (Å²) in [5, 5.41) is 13.9. The van der Waals surface area contributed by atoms with Crippen molar-refractivity contribution in [2.24, 2.45) is 0 Å². The lowest BCUT2D eigenvalue weighted by Gasteiger charge is -2.21. The molecule has 0 saturated carbocycles. The van der Waals surface area contributed by atoms with Crippen LogP contribution in [-0.2, 0) is 0 Å². The van der Waals surface area contributed by atoms with E-state index >= 15 is 0 Å². The van der Waals surface area contributed by atoms with Crippen molar-refractivity contribution in [2.45, 2.75) is 0 Å². The summed E-state index contributed by atoms with van der Waals surface area (Å²) < 4.78 is 14.7. The number of benzene rings is 17. The van der Waals surface area contributed by atoms with Crippen LogP contribution in [0.15, 0.2) is 388 Å². The Morgan fingerprint density at radius 2 is 0.431 bits per heavy atom. The summed E-state index contributed by atoms with van der Waals surface area (Å²) in [7, 11) is 0. The summed E-state index contributed by atoms with van der Waals surface area (Å²) in [6, 6.07) is 140. The van der Waals surface area contributed by atoms with Crippen molar-refractivity contribution in [2.75, 3.05) is 0 Å². The Kier molecular flexibility index (Phi) is 14.3. The van der Waals surface area contributed by atoms with Gasteiger partial charge in [0.05, 0.1) is 84.1 Å². The zero-order chi connectivity index (χ0) is 76.2. The molecule has 0 unspecified atom stereocenters. The van der Waals surface area contributed by atoms with Crippen molar-refractivity contribution >= 4 is 137 Å². The zero-order valence-electron chi connectivity index (χ0n) is 62.4. The van der Waals surface area contributed by atoms with Crippen LogP contribution < -0.4 is 0 Å². The fourth-order valence-corrected chi connectivity index (χ4v) is 18.8. The lowest BCUT2D eigenvalue weighted by atomic mass is 9.94. The van der Waals surface area contributed by atoms with E-state index in [4.69, 9.17) is 21.5 Å². The quantitative estimate of drug-likeness (QED) is 0.121. The average molecular weight is 1480 g/mol. The second-order valence-corrected chi connectivity index (χ2v) is 30.1. The summed E-state index contributed by atoms with van der Waals surface area (Å²) in [6.45, 7) is 8.37. The highest BCUT2D eigenvalue weighted by atomic mass is 15.1.